The predicted molar refractivity (Wildman–Crippen MR) is 136 cm³/mol. The molecule has 0 radical (unpaired) electrons. The lowest BCUT2D eigenvalue weighted by molar-refractivity contribution is -0.137. The number of sulfone groups is 1. The average Bonchev–Trinajstić information content (AvgIpc) is 3.18. The van der Waals surface area contributed by atoms with Gasteiger partial charge in [-0.05, 0) is 30.7 Å². The van der Waals surface area contributed by atoms with Gasteiger partial charge in [-0.3, -0.25) is 14.5 Å². The molecule has 180 valence electrons. The van der Waals surface area contributed by atoms with E-state index in [1.54, 1.807) is 48.7 Å². The van der Waals surface area contributed by atoms with Gasteiger partial charge in [-0.2, -0.15) is 5.10 Å². The van der Waals surface area contributed by atoms with Crippen LogP contribution in [0.15, 0.2) is 101 Å². The zero-order chi connectivity index (χ0) is 25.3. The topological polar surface area (TPSA) is 102 Å². The molecular weight excluding hydrogens is 474 g/mol. The zero-order valence-electron chi connectivity index (χ0n) is 19.5. The van der Waals surface area contributed by atoms with Gasteiger partial charge in [0.1, 0.15) is 6.54 Å². The number of nitrogens with zero attached hydrogens (tertiary/aromatic N) is 3. The monoisotopic (exact) mass is 497 g/mol. The van der Waals surface area contributed by atoms with E-state index in [1.807, 2.05) is 49.4 Å². The first-order valence-corrected chi connectivity index (χ1v) is 12.8. The van der Waals surface area contributed by atoms with Gasteiger partial charge in [0.15, 0.2) is 0 Å². The number of aromatic nitrogens is 3. The average molecular weight is 498 g/mol. The van der Waals surface area contributed by atoms with Gasteiger partial charge < -0.3 is 5.11 Å². The molecule has 0 aliphatic heterocycles. The van der Waals surface area contributed by atoms with Gasteiger partial charge in [-0.15, -0.1) is 0 Å². The minimum atomic E-state index is -3.90. The Morgan fingerprint density at radius 1 is 0.889 bits per heavy atom. The molecule has 0 bridgehead atoms. The number of fused-ring (bicyclic) bond motifs is 1. The third-order valence-corrected chi connectivity index (χ3v) is 8.06. The van der Waals surface area contributed by atoms with Crippen molar-refractivity contribution >= 4 is 26.7 Å². The number of pyridine rings is 1. The second-order valence-electron chi connectivity index (χ2n) is 8.45. The van der Waals surface area contributed by atoms with Crippen molar-refractivity contribution in [2.75, 3.05) is 0 Å². The van der Waals surface area contributed by atoms with Crippen LogP contribution in [0.25, 0.3) is 22.2 Å². The Morgan fingerprint density at radius 3 is 2.36 bits per heavy atom. The SMILES string of the molecule is Cc1c(Cc2ccccc2S(=O)(=O)c2cccc3cccnc23)c(-c2ccccc2)nn1CC(=O)O. The summed E-state index contributed by atoms with van der Waals surface area (Å²) in [6.45, 7) is 1.52. The number of carboxylic acids is 1. The largest absolute Gasteiger partial charge is 0.480 e. The summed E-state index contributed by atoms with van der Waals surface area (Å²) in [5, 5.41) is 14.7. The highest BCUT2D eigenvalue weighted by Crippen LogP contribution is 2.33. The first kappa shape index (κ1) is 23.4. The fourth-order valence-electron chi connectivity index (χ4n) is 4.42. The van der Waals surface area contributed by atoms with Crippen molar-refractivity contribution in [2.45, 2.75) is 29.7 Å². The van der Waals surface area contributed by atoms with Crippen molar-refractivity contribution in [1.82, 2.24) is 14.8 Å². The second kappa shape index (κ2) is 9.39. The predicted octanol–water partition coefficient (Wildman–Crippen LogP) is 4.91. The van der Waals surface area contributed by atoms with Gasteiger partial charge in [-0.25, -0.2) is 8.42 Å². The fraction of sp³-hybridized carbons (Fsp3) is 0.107. The molecule has 5 aromatic rings. The van der Waals surface area contributed by atoms with Crippen molar-refractivity contribution in [3.05, 3.63) is 108 Å². The van der Waals surface area contributed by atoms with E-state index in [2.05, 4.69) is 10.1 Å². The molecule has 2 heterocycles. The van der Waals surface area contributed by atoms with Gasteiger partial charge in [0.2, 0.25) is 9.84 Å². The summed E-state index contributed by atoms with van der Waals surface area (Å²) in [7, 11) is -3.90. The number of benzene rings is 3. The Bertz CT molecular complexity index is 1690. The van der Waals surface area contributed by atoms with E-state index in [-0.39, 0.29) is 22.8 Å². The lowest BCUT2D eigenvalue weighted by atomic mass is 9.99. The third-order valence-electron chi connectivity index (χ3n) is 6.18. The molecule has 0 aliphatic carbocycles. The Balaban J connectivity index is 1.65. The Labute approximate surface area is 208 Å². The quantitative estimate of drug-likeness (QED) is 0.343. The highest BCUT2D eigenvalue weighted by molar-refractivity contribution is 7.91. The van der Waals surface area contributed by atoms with Crippen LogP contribution in [-0.2, 0) is 27.6 Å². The van der Waals surface area contributed by atoms with Crippen LogP contribution in [0.1, 0.15) is 16.8 Å². The lowest BCUT2D eigenvalue weighted by Crippen LogP contribution is -2.12. The molecule has 0 amide bonds. The Morgan fingerprint density at radius 2 is 1.58 bits per heavy atom. The van der Waals surface area contributed by atoms with Crippen LogP contribution < -0.4 is 0 Å². The third kappa shape index (κ3) is 4.27. The summed E-state index contributed by atoms with van der Waals surface area (Å²) in [4.78, 5) is 16.1. The van der Waals surface area contributed by atoms with Crippen LogP contribution in [0.3, 0.4) is 0 Å². The molecule has 8 heteroatoms. The van der Waals surface area contributed by atoms with E-state index < -0.39 is 15.8 Å². The van der Waals surface area contributed by atoms with Crippen LogP contribution >= 0.6 is 0 Å². The Kier molecular flexibility index (Phi) is 6.12. The number of carbonyl (C=O) groups is 1. The zero-order valence-corrected chi connectivity index (χ0v) is 20.3. The summed E-state index contributed by atoms with van der Waals surface area (Å²) in [6, 6.07) is 25.1. The summed E-state index contributed by atoms with van der Waals surface area (Å²) in [6.07, 6.45) is 1.85. The van der Waals surface area contributed by atoms with Crippen LogP contribution in [0, 0.1) is 6.92 Å². The molecule has 1 N–H and O–H groups in total. The minimum Gasteiger partial charge on any atom is -0.480 e. The molecule has 0 saturated heterocycles. The normalized spacial score (nSPS) is 11.6. The molecule has 0 saturated carbocycles. The summed E-state index contributed by atoms with van der Waals surface area (Å²) in [5.74, 6) is -1.00. The van der Waals surface area contributed by atoms with Crippen molar-refractivity contribution < 1.29 is 18.3 Å². The van der Waals surface area contributed by atoms with Gasteiger partial charge in [-0.1, -0.05) is 66.7 Å². The molecule has 5 rings (SSSR count). The number of rotatable bonds is 7. The minimum absolute atomic E-state index is 0.148. The standard InChI is InChI=1S/C28H23N3O4S/c1-19-23(27(20-9-3-2-4-10-20)30-31(19)18-26(32)33)17-22-11-5-6-14-24(22)36(34,35)25-15-7-12-21-13-8-16-29-28(21)25/h2-16H,17-18H2,1H3,(H,32,33). The van der Waals surface area contributed by atoms with Gasteiger partial charge in [0, 0.05) is 34.8 Å². The van der Waals surface area contributed by atoms with Gasteiger partial charge in [0.25, 0.3) is 0 Å². The van der Waals surface area contributed by atoms with Crippen LogP contribution in [0.5, 0.6) is 0 Å². The highest BCUT2D eigenvalue weighted by atomic mass is 32.2. The lowest BCUT2D eigenvalue weighted by Gasteiger charge is -2.13. The first-order chi connectivity index (χ1) is 17.4. The molecule has 2 aromatic heterocycles. The molecule has 0 atom stereocenters. The van der Waals surface area contributed by atoms with E-state index in [0.29, 0.717) is 22.5 Å². The van der Waals surface area contributed by atoms with Crippen LogP contribution in [0.4, 0.5) is 0 Å². The molecule has 0 fully saturated rings. The van der Waals surface area contributed by atoms with E-state index in [9.17, 15) is 18.3 Å². The van der Waals surface area contributed by atoms with Crippen molar-refractivity contribution in [1.29, 1.82) is 0 Å². The number of hydrogen-bond acceptors (Lipinski definition) is 5. The molecule has 3 aromatic carbocycles. The first-order valence-electron chi connectivity index (χ1n) is 11.4. The molecule has 7 nitrogen and oxygen atoms in total. The van der Waals surface area contributed by atoms with Crippen molar-refractivity contribution in [3.63, 3.8) is 0 Å². The molecule has 0 unspecified atom stereocenters. The van der Waals surface area contributed by atoms with E-state index in [1.165, 1.54) is 4.68 Å². The second-order valence-corrected chi connectivity index (χ2v) is 10.3. The fourth-order valence-corrected chi connectivity index (χ4v) is 6.08. The van der Waals surface area contributed by atoms with Crippen LogP contribution in [0.2, 0.25) is 0 Å². The number of carboxylic acid groups (broad SMARTS) is 1. The molecule has 0 spiro atoms. The maximum atomic E-state index is 13.9. The maximum Gasteiger partial charge on any atom is 0.325 e. The summed E-state index contributed by atoms with van der Waals surface area (Å²) in [5.41, 5.74) is 3.94. The van der Waals surface area contributed by atoms with Crippen molar-refractivity contribution in [3.8, 4) is 11.3 Å². The summed E-state index contributed by atoms with van der Waals surface area (Å²) < 4.78 is 29.3. The Hall–Kier alpha value is -4.30. The molecule has 36 heavy (non-hydrogen) atoms. The van der Waals surface area contributed by atoms with Crippen molar-refractivity contribution in [2.24, 2.45) is 0 Å². The van der Waals surface area contributed by atoms with E-state index in [4.69, 9.17) is 0 Å². The number of para-hydroxylation sites is 1. The highest BCUT2D eigenvalue weighted by Gasteiger charge is 2.26. The maximum absolute atomic E-state index is 13.9. The van der Waals surface area contributed by atoms with Gasteiger partial charge in [0.05, 0.1) is 21.0 Å². The smallest absolute Gasteiger partial charge is 0.325 e. The van der Waals surface area contributed by atoms with Gasteiger partial charge >= 0.3 is 5.97 Å². The molecular formula is C28H23N3O4S. The number of aliphatic carboxylic acids is 1. The summed E-state index contributed by atoms with van der Waals surface area (Å²) >= 11 is 0. The van der Waals surface area contributed by atoms with Crippen LogP contribution in [-0.4, -0.2) is 34.3 Å². The van der Waals surface area contributed by atoms with E-state index in [0.717, 1.165) is 16.5 Å². The van der Waals surface area contributed by atoms with E-state index >= 15 is 0 Å². The number of hydrogen-bond donors (Lipinski definition) is 1. The molecule has 0 aliphatic rings.